The van der Waals surface area contributed by atoms with Crippen molar-refractivity contribution in [3.8, 4) is 11.8 Å². The number of nitrogens with zero attached hydrogens (tertiary/aromatic N) is 4. The first kappa shape index (κ1) is 17.7. The summed E-state index contributed by atoms with van der Waals surface area (Å²) in [5, 5.41) is 24.2. The summed E-state index contributed by atoms with van der Waals surface area (Å²) >= 11 is 0. The Kier molecular flexibility index (Phi) is 4.77. The van der Waals surface area contributed by atoms with Crippen molar-refractivity contribution in [2.75, 3.05) is 5.32 Å². The van der Waals surface area contributed by atoms with Gasteiger partial charge < -0.3 is 15.5 Å². The van der Waals surface area contributed by atoms with Gasteiger partial charge in [-0.25, -0.2) is 4.98 Å². The third-order valence-corrected chi connectivity index (χ3v) is 4.84. The van der Waals surface area contributed by atoms with Gasteiger partial charge in [-0.2, -0.15) is 10.4 Å². The Morgan fingerprint density at radius 2 is 2.25 bits per heavy atom. The second-order valence-corrected chi connectivity index (χ2v) is 6.80. The van der Waals surface area contributed by atoms with Gasteiger partial charge in [-0.15, -0.1) is 0 Å². The van der Waals surface area contributed by atoms with E-state index in [1.54, 1.807) is 17.1 Å². The predicted molar refractivity (Wildman–Crippen MR) is 106 cm³/mol. The number of benzene rings is 1. The van der Waals surface area contributed by atoms with Gasteiger partial charge in [0, 0.05) is 42.8 Å². The number of hydrogen-bond donors (Lipinski definition) is 2. The van der Waals surface area contributed by atoms with Gasteiger partial charge in [-0.1, -0.05) is 0 Å². The molecule has 0 bridgehead atoms. The zero-order valence-corrected chi connectivity index (χ0v) is 15.5. The maximum atomic E-state index is 9.07. The Labute approximate surface area is 163 Å². The Balaban J connectivity index is 1.60. The third-order valence-electron chi connectivity index (χ3n) is 4.84. The van der Waals surface area contributed by atoms with Crippen molar-refractivity contribution in [2.24, 2.45) is 7.05 Å². The lowest BCUT2D eigenvalue weighted by Gasteiger charge is -2.26. The molecule has 2 N–H and O–H groups in total. The van der Waals surface area contributed by atoms with Gasteiger partial charge in [0.15, 0.2) is 0 Å². The minimum absolute atomic E-state index is 0.0962. The van der Waals surface area contributed by atoms with Crippen LogP contribution in [0.5, 0.6) is 5.75 Å². The van der Waals surface area contributed by atoms with Crippen LogP contribution in [0.1, 0.15) is 41.3 Å². The van der Waals surface area contributed by atoms with E-state index in [1.165, 1.54) is 6.21 Å². The summed E-state index contributed by atoms with van der Waals surface area (Å²) in [6.45, 7) is 0. The fraction of sp³-hybridized carbons (Fsp3) is 0.238. The largest absolute Gasteiger partial charge is 0.486 e. The van der Waals surface area contributed by atoms with E-state index in [0.29, 0.717) is 5.69 Å². The predicted octanol–water partition coefficient (Wildman–Crippen LogP) is 3.88. The molecular weight excluding hydrogens is 352 g/mol. The van der Waals surface area contributed by atoms with Crippen molar-refractivity contribution in [3.63, 3.8) is 0 Å². The fourth-order valence-corrected chi connectivity index (χ4v) is 3.48. The number of hydrogen-bond acceptors (Lipinski definition) is 6. The molecule has 4 rings (SSSR count). The first-order chi connectivity index (χ1) is 13.7. The monoisotopic (exact) mass is 372 g/mol. The highest BCUT2D eigenvalue weighted by molar-refractivity contribution is 5.87. The Morgan fingerprint density at radius 1 is 1.36 bits per heavy atom. The minimum Gasteiger partial charge on any atom is -0.486 e. The van der Waals surface area contributed by atoms with E-state index in [0.717, 1.165) is 53.1 Å². The van der Waals surface area contributed by atoms with Crippen LogP contribution in [-0.4, -0.2) is 21.0 Å². The Bertz CT molecular complexity index is 1060. The highest BCUT2D eigenvalue weighted by atomic mass is 16.5. The number of rotatable bonds is 5. The van der Waals surface area contributed by atoms with E-state index in [9.17, 15) is 0 Å². The summed E-state index contributed by atoms with van der Waals surface area (Å²) < 4.78 is 8.00. The molecule has 2 heterocycles. The number of fused-ring (bicyclic) bond motifs is 1. The first-order valence-corrected chi connectivity index (χ1v) is 9.12. The summed E-state index contributed by atoms with van der Waals surface area (Å²) in [7, 11) is 1.86. The molecule has 7 heteroatoms. The molecule has 1 aromatic carbocycles. The highest BCUT2D eigenvalue weighted by Crippen LogP contribution is 2.35. The van der Waals surface area contributed by atoms with E-state index < -0.39 is 0 Å². The van der Waals surface area contributed by atoms with Gasteiger partial charge in [0.2, 0.25) is 0 Å². The number of ether oxygens (including phenoxy) is 1. The zero-order valence-electron chi connectivity index (χ0n) is 15.5. The molecule has 1 aliphatic rings. The maximum absolute atomic E-state index is 9.07. The van der Waals surface area contributed by atoms with Gasteiger partial charge >= 0.3 is 0 Å². The highest BCUT2D eigenvalue weighted by Gasteiger charge is 2.23. The van der Waals surface area contributed by atoms with E-state index >= 15 is 0 Å². The van der Waals surface area contributed by atoms with E-state index in [4.69, 9.17) is 15.4 Å². The van der Waals surface area contributed by atoms with Crippen LogP contribution >= 0.6 is 0 Å². The van der Waals surface area contributed by atoms with Crippen LogP contribution in [0, 0.1) is 16.7 Å². The smallest absolute Gasteiger partial charge is 0.140 e. The summed E-state index contributed by atoms with van der Waals surface area (Å²) in [6.07, 6.45) is 9.43. The van der Waals surface area contributed by atoms with Gasteiger partial charge in [0.25, 0.3) is 0 Å². The van der Waals surface area contributed by atoms with Gasteiger partial charge in [0.1, 0.15) is 23.6 Å². The number of pyridine rings is 1. The molecule has 0 spiro atoms. The number of aromatic nitrogens is 3. The first-order valence-electron chi connectivity index (χ1n) is 9.12. The van der Waals surface area contributed by atoms with Crippen molar-refractivity contribution < 1.29 is 4.74 Å². The van der Waals surface area contributed by atoms with Crippen molar-refractivity contribution in [1.82, 2.24) is 14.8 Å². The summed E-state index contributed by atoms with van der Waals surface area (Å²) in [5.74, 6) is 0.721. The number of aryl methyl sites for hydroxylation is 2. The lowest BCUT2D eigenvalue weighted by Crippen LogP contribution is -2.16. The Hall–Kier alpha value is -3.66. The van der Waals surface area contributed by atoms with Crippen molar-refractivity contribution >= 4 is 17.6 Å². The summed E-state index contributed by atoms with van der Waals surface area (Å²) in [4.78, 5) is 4.21. The van der Waals surface area contributed by atoms with E-state index in [1.807, 2.05) is 37.5 Å². The molecule has 0 saturated carbocycles. The molecule has 140 valence electrons. The van der Waals surface area contributed by atoms with Crippen LogP contribution in [0.3, 0.4) is 0 Å². The van der Waals surface area contributed by atoms with Gasteiger partial charge in [-0.05, 0) is 43.0 Å². The number of nitriles is 1. The molecule has 0 amide bonds. The lowest BCUT2D eigenvalue weighted by atomic mass is 9.90. The van der Waals surface area contributed by atoms with Crippen LogP contribution in [-0.2, 0) is 13.5 Å². The van der Waals surface area contributed by atoms with Gasteiger partial charge in [0.05, 0.1) is 17.6 Å². The summed E-state index contributed by atoms with van der Waals surface area (Å²) in [5.41, 5.74) is 5.02. The van der Waals surface area contributed by atoms with Crippen LogP contribution in [0.4, 0.5) is 11.4 Å². The second kappa shape index (κ2) is 7.53. The number of anilines is 2. The fourth-order valence-electron chi connectivity index (χ4n) is 3.48. The normalized spacial score (nSPS) is 15.4. The maximum Gasteiger partial charge on any atom is 0.140 e. The summed E-state index contributed by atoms with van der Waals surface area (Å²) in [6, 6.07) is 9.60. The van der Waals surface area contributed by atoms with Crippen molar-refractivity contribution in [3.05, 3.63) is 65.2 Å². The second-order valence-electron chi connectivity index (χ2n) is 6.80. The molecule has 28 heavy (non-hydrogen) atoms. The van der Waals surface area contributed by atoms with Crippen molar-refractivity contribution in [1.29, 1.82) is 10.7 Å². The molecule has 7 nitrogen and oxygen atoms in total. The molecule has 3 aromatic rings. The van der Waals surface area contributed by atoms with E-state index in [2.05, 4.69) is 21.5 Å². The Morgan fingerprint density at radius 3 is 3.00 bits per heavy atom. The molecule has 2 aromatic heterocycles. The molecule has 0 fully saturated rings. The third kappa shape index (κ3) is 3.58. The van der Waals surface area contributed by atoms with E-state index in [-0.39, 0.29) is 6.10 Å². The zero-order chi connectivity index (χ0) is 19.5. The molecule has 1 aliphatic carbocycles. The minimum atomic E-state index is -0.0962. The van der Waals surface area contributed by atoms with Crippen LogP contribution in [0.15, 0.2) is 42.9 Å². The molecule has 0 unspecified atom stereocenters. The average molecular weight is 372 g/mol. The molecular formula is C21H20N6O. The lowest BCUT2D eigenvalue weighted by molar-refractivity contribution is 0.183. The molecule has 0 radical (unpaired) electrons. The number of nitrogens with one attached hydrogen (secondary N) is 2. The van der Waals surface area contributed by atoms with Crippen LogP contribution in [0.2, 0.25) is 0 Å². The van der Waals surface area contributed by atoms with Gasteiger partial charge in [-0.3, -0.25) is 4.68 Å². The van der Waals surface area contributed by atoms with Crippen LogP contribution in [0.25, 0.3) is 0 Å². The van der Waals surface area contributed by atoms with Crippen molar-refractivity contribution in [2.45, 2.75) is 25.4 Å². The standard InChI is InChI=1S/C21H20N6O/c1-27-13-17(11-25-27)26-20-8-18(6-5-15(20)9-22)28-21-4-2-3-14-7-16(10-23)24-12-19(14)21/h5-9,11-13,21-22,26H,2-4H2,1H3/t21-/m0/s1. The molecule has 0 aliphatic heterocycles. The SMILES string of the molecule is Cn1cc(Nc2cc(O[C@H]3CCCc4cc(C#N)ncc43)ccc2C=N)cn1. The topological polar surface area (TPSA) is 99.6 Å². The molecule has 1 atom stereocenters. The average Bonchev–Trinajstić information content (AvgIpc) is 3.12. The van der Waals surface area contributed by atoms with Crippen LogP contribution < -0.4 is 10.1 Å². The quantitative estimate of drug-likeness (QED) is 0.662. The molecule has 0 saturated heterocycles.